The van der Waals surface area contributed by atoms with E-state index in [-0.39, 0.29) is 11.6 Å². The first kappa shape index (κ1) is 13.5. The zero-order valence-electron chi connectivity index (χ0n) is 10.9. The molecule has 0 aromatic carbocycles. The molecule has 0 aromatic heterocycles. The van der Waals surface area contributed by atoms with Crippen LogP contribution in [0, 0.1) is 0 Å². The Balaban J connectivity index is 1.99. The summed E-state index contributed by atoms with van der Waals surface area (Å²) in [5.41, 5.74) is -0.385. The van der Waals surface area contributed by atoms with Gasteiger partial charge in [-0.15, -0.1) is 0 Å². The smallest absolute Gasteiger partial charge is 0.320 e. The van der Waals surface area contributed by atoms with Gasteiger partial charge in [-0.1, -0.05) is 0 Å². The number of carbonyl (C=O) groups is 1. The molecule has 1 rings (SSSR count). The molecule has 0 saturated heterocycles. The monoisotopic (exact) mass is 228 g/mol. The molecule has 0 unspecified atom stereocenters. The molecule has 1 fully saturated rings. The second-order valence-electron chi connectivity index (χ2n) is 5.48. The highest BCUT2D eigenvalue weighted by molar-refractivity contribution is 5.72. The maximum absolute atomic E-state index is 11.4. The highest BCUT2D eigenvalue weighted by Gasteiger charge is 2.25. The van der Waals surface area contributed by atoms with Crippen LogP contribution in [0.1, 0.15) is 33.6 Å². The summed E-state index contributed by atoms with van der Waals surface area (Å²) in [5, 5.41) is 3.11. The van der Waals surface area contributed by atoms with Gasteiger partial charge in [0.25, 0.3) is 0 Å². The summed E-state index contributed by atoms with van der Waals surface area (Å²) in [7, 11) is 2.13. The summed E-state index contributed by atoms with van der Waals surface area (Å²) >= 11 is 0. The van der Waals surface area contributed by atoms with Crippen LogP contribution < -0.4 is 5.32 Å². The van der Waals surface area contributed by atoms with E-state index in [4.69, 9.17) is 4.74 Å². The Hall–Kier alpha value is -0.610. The lowest BCUT2D eigenvalue weighted by Crippen LogP contribution is -2.36. The van der Waals surface area contributed by atoms with E-state index in [9.17, 15) is 4.79 Å². The summed E-state index contributed by atoms with van der Waals surface area (Å²) in [6.07, 6.45) is 2.64. The van der Waals surface area contributed by atoms with Crippen LogP contribution in [0.2, 0.25) is 0 Å². The first-order valence-electron chi connectivity index (χ1n) is 6.01. The Morgan fingerprint density at radius 2 is 2.06 bits per heavy atom. The summed E-state index contributed by atoms with van der Waals surface area (Å²) in [6, 6.07) is 0.781. The third-order valence-electron chi connectivity index (χ3n) is 2.50. The molecule has 94 valence electrons. The van der Waals surface area contributed by atoms with E-state index >= 15 is 0 Å². The maximum Gasteiger partial charge on any atom is 0.320 e. The molecule has 0 bridgehead atoms. The van der Waals surface area contributed by atoms with Crippen molar-refractivity contribution in [3.8, 4) is 0 Å². The normalized spacial score (nSPS) is 16.6. The van der Waals surface area contributed by atoms with E-state index in [2.05, 4.69) is 17.3 Å². The number of likely N-dealkylation sites (N-methyl/N-ethyl adjacent to an activating group) is 1. The van der Waals surface area contributed by atoms with E-state index in [1.54, 1.807) is 0 Å². The third kappa shape index (κ3) is 6.08. The van der Waals surface area contributed by atoms with Crippen LogP contribution in [0.5, 0.6) is 0 Å². The largest absolute Gasteiger partial charge is 0.459 e. The Morgan fingerprint density at radius 1 is 1.44 bits per heavy atom. The molecule has 4 heteroatoms. The number of hydrogen-bond donors (Lipinski definition) is 1. The number of ether oxygens (including phenoxy) is 1. The van der Waals surface area contributed by atoms with Gasteiger partial charge in [0.15, 0.2) is 0 Å². The number of hydrogen-bond acceptors (Lipinski definition) is 4. The molecule has 0 radical (unpaired) electrons. The molecule has 0 heterocycles. The van der Waals surface area contributed by atoms with Gasteiger partial charge in [-0.25, -0.2) is 0 Å². The summed E-state index contributed by atoms with van der Waals surface area (Å²) in [6.45, 7) is 7.78. The number of nitrogens with zero attached hydrogens (tertiary/aromatic N) is 1. The minimum atomic E-state index is -0.385. The van der Waals surface area contributed by atoms with Gasteiger partial charge in [0, 0.05) is 19.1 Å². The van der Waals surface area contributed by atoms with Gasteiger partial charge in [-0.2, -0.15) is 0 Å². The van der Waals surface area contributed by atoms with Gasteiger partial charge in [0.05, 0.1) is 6.54 Å². The average molecular weight is 228 g/mol. The van der Waals surface area contributed by atoms with Crippen LogP contribution in [0.3, 0.4) is 0 Å². The molecular formula is C12H24N2O2. The van der Waals surface area contributed by atoms with Crippen molar-refractivity contribution in [1.29, 1.82) is 0 Å². The molecule has 0 aliphatic heterocycles. The number of nitrogens with one attached hydrogen (secondary N) is 1. The predicted octanol–water partition coefficient (Wildman–Crippen LogP) is 1.01. The standard InChI is InChI=1S/C12H24N2O2/c1-12(2,3)16-11(15)9-13-7-8-14(4)10-5-6-10/h10,13H,5-9H2,1-4H3. The molecule has 0 amide bonds. The fourth-order valence-electron chi connectivity index (χ4n) is 1.52. The van der Waals surface area contributed by atoms with Crippen molar-refractivity contribution >= 4 is 5.97 Å². The van der Waals surface area contributed by atoms with E-state index < -0.39 is 0 Å². The quantitative estimate of drug-likeness (QED) is 0.544. The SMILES string of the molecule is CN(CCNCC(=O)OC(C)(C)C)C1CC1. The van der Waals surface area contributed by atoms with Crippen molar-refractivity contribution in [1.82, 2.24) is 10.2 Å². The molecule has 0 aromatic rings. The molecule has 1 aliphatic carbocycles. The number of esters is 1. The highest BCUT2D eigenvalue weighted by Crippen LogP contribution is 2.24. The van der Waals surface area contributed by atoms with Crippen molar-refractivity contribution in [3.05, 3.63) is 0 Å². The number of carbonyl (C=O) groups excluding carboxylic acids is 1. The minimum absolute atomic E-state index is 0.179. The Kier molecular flexibility index (Phi) is 4.74. The Labute approximate surface area is 98.3 Å². The van der Waals surface area contributed by atoms with Crippen LogP contribution in [-0.4, -0.2) is 49.2 Å². The first-order chi connectivity index (χ1) is 7.38. The Bertz CT molecular complexity index is 232. The second kappa shape index (κ2) is 5.64. The molecular weight excluding hydrogens is 204 g/mol. The summed E-state index contributed by atoms with van der Waals surface area (Å²) in [4.78, 5) is 13.7. The van der Waals surface area contributed by atoms with Crippen molar-refractivity contribution in [2.24, 2.45) is 0 Å². The molecule has 16 heavy (non-hydrogen) atoms. The van der Waals surface area contributed by atoms with Crippen LogP contribution >= 0.6 is 0 Å². The molecule has 4 nitrogen and oxygen atoms in total. The maximum atomic E-state index is 11.4. The van der Waals surface area contributed by atoms with Crippen LogP contribution in [0.15, 0.2) is 0 Å². The first-order valence-corrected chi connectivity index (χ1v) is 6.01. The van der Waals surface area contributed by atoms with Gasteiger partial charge in [0.1, 0.15) is 5.60 Å². The molecule has 1 saturated carbocycles. The second-order valence-corrected chi connectivity index (χ2v) is 5.48. The van der Waals surface area contributed by atoms with Gasteiger partial charge < -0.3 is 15.0 Å². The highest BCUT2D eigenvalue weighted by atomic mass is 16.6. The lowest BCUT2D eigenvalue weighted by Gasteiger charge is -2.20. The van der Waals surface area contributed by atoms with Crippen molar-refractivity contribution in [3.63, 3.8) is 0 Å². The van der Waals surface area contributed by atoms with Crippen LogP contribution in [-0.2, 0) is 9.53 Å². The topological polar surface area (TPSA) is 41.6 Å². The van der Waals surface area contributed by atoms with Gasteiger partial charge in [-0.3, -0.25) is 4.79 Å². The number of rotatable bonds is 6. The third-order valence-corrected chi connectivity index (χ3v) is 2.50. The predicted molar refractivity (Wildman–Crippen MR) is 64.4 cm³/mol. The zero-order chi connectivity index (χ0) is 12.2. The molecule has 1 aliphatic rings. The van der Waals surface area contributed by atoms with E-state index in [1.807, 2.05) is 20.8 Å². The van der Waals surface area contributed by atoms with Gasteiger partial charge in [0.2, 0.25) is 0 Å². The lowest BCUT2D eigenvalue weighted by molar-refractivity contribution is -0.153. The Morgan fingerprint density at radius 3 is 2.56 bits per heavy atom. The molecule has 0 atom stereocenters. The summed E-state index contributed by atoms with van der Waals surface area (Å²) in [5.74, 6) is -0.179. The van der Waals surface area contributed by atoms with Crippen LogP contribution in [0.4, 0.5) is 0 Å². The fraction of sp³-hybridized carbons (Fsp3) is 0.917. The lowest BCUT2D eigenvalue weighted by atomic mass is 10.2. The van der Waals surface area contributed by atoms with Gasteiger partial charge >= 0.3 is 5.97 Å². The molecule has 0 spiro atoms. The fourth-order valence-corrected chi connectivity index (χ4v) is 1.52. The minimum Gasteiger partial charge on any atom is -0.459 e. The summed E-state index contributed by atoms with van der Waals surface area (Å²) < 4.78 is 5.19. The van der Waals surface area contributed by atoms with E-state index in [1.165, 1.54) is 12.8 Å². The van der Waals surface area contributed by atoms with E-state index in [0.29, 0.717) is 6.54 Å². The van der Waals surface area contributed by atoms with Crippen molar-refractivity contribution in [2.45, 2.75) is 45.3 Å². The van der Waals surface area contributed by atoms with Gasteiger partial charge in [-0.05, 0) is 40.7 Å². The van der Waals surface area contributed by atoms with Crippen molar-refractivity contribution in [2.75, 3.05) is 26.7 Å². The van der Waals surface area contributed by atoms with Crippen molar-refractivity contribution < 1.29 is 9.53 Å². The van der Waals surface area contributed by atoms with Crippen LogP contribution in [0.25, 0.3) is 0 Å². The average Bonchev–Trinajstić information content (AvgIpc) is 2.91. The van der Waals surface area contributed by atoms with E-state index in [0.717, 1.165) is 19.1 Å². The zero-order valence-corrected chi connectivity index (χ0v) is 10.9. The molecule has 1 N–H and O–H groups in total.